The molecule has 2 aromatic carbocycles. The molecule has 0 spiro atoms. The summed E-state index contributed by atoms with van der Waals surface area (Å²) in [5.74, 6) is -0.288. The van der Waals surface area contributed by atoms with Gasteiger partial charge in [0.15, 0.2) is 0 Å². The van der Waals surface area contributed by atoms with Crippen molar-refractivity contribution in [3.63, 3.8) is 0 Å². The lowest BCUT2D eigenvalue weighted by atomic mass is 10.1. The van der Waals surface area contributed by atoms with Crippen molar-refractivity contribution in [2.75, 3.05) is 43.5 Å². The number of H-pyrrole nitrogens is 1. The number of aromatic amines is 1. The largest absolute Gasteiger partial charge is 0.379 e. The highest BCUT2D eigenvalue weighted by Gasteiger charge is 2.14. The van der Waals surface area contributed by atoms with E-state index in [1.807, 2.05) is 12.1 Å². The zero-order valence-electron chi connectivity index (χ0n) is 15.3. The third-order valence-electron chi connectivity index (χ3n) is 4.62. The smallest absolute Gasteiger partial charge is 0.257 e. The van der Waals surface area contributed by atoms with Crippen LogP contribution in [0.15, 0.2) is 48.7 Å². The predicted molar refractivity (Wildman–Crippen MR) is 106 cm³/mol. The molecule has 8 nitrogen and oxygen atoms in total. The number of hydrogen-bond acceptors (Lipinski definition) is 5. The maximum atomic E-state index is 12.6. The molecule has 0 atom stereocenters. The zero-order valence-corrected chi connectivity index (χ0v) is 15.3. The second kappa shape index (κ2) is 8.20. The fourth-order valence-electron chi connectivity index (χ4n) is 3.16. The fraction of sp³-hybridized carbons (Fsp3) is 0.250. The van der Waals surface area contributed by atoms with Crippen molar-refractivity contribution in [1.29, 1.82) is 0 Å². The monoisotopic (exact) mass is 379 g/mol. The van der Waals surface area contributed by atoms with Crippen LogP contribution in [0.25, 0.3) is 10.9 Å². The Morgan fingerprint density at radius 1 is 1.04 bits per heavy atom. The Kier molecular flexibility index (Phi) is 5.31. The molecule has 3 aromatic rings. The van der Waals surface area contributed by atoms with Gasteiger partial charge >= 0.3 is 0 Å². The van der Waals surface area contributed by atoms with Crippen LogP contribution in [0.3, 0.4) is 0 Å². The highest BCUT2D eigenvalue weighted by molar-refractivity contribution is 6.11. The highest BCUT2D eigenvalue weighted by Crippen LogP contribution is 2.19. The standard InChI is InChI=1S/C20H21N5O3/c26-18(13-25-8-10-28-11-9-25)22-15-4-6-16(7-5-15)23-20(27)17-3-1-2-14-12-21-24-19(14)17/h1-7,12H,8-11,13H2,(H,21,24)(H,22,26)(H,23,27). The van der Waals surface area contributed by atoms with Crippen LogP contribution >= 0.6 is 0 Å². The molecule has 28 heavy (non-hydrogen) atoms. The van der Waals surface area contributed by atoms with Gasteiger partial charge in [0.1, 0.15) is 0 Å². The summed E-state index contributed by atoms with van der Waals surface area (Å²) in [5, 5.41) is 13.4. The van der Waals surface area contributed by atoms with Gasteiger partial charge in [-0.15, -0.1) is 0 Å². The number of aromatic nitrogens is 2. The highest BCUT2D eigenvalue weighted by atomic mass is 16.5. The van der Waals surface area contributed by atoms with Crippen molar-refractivity contribution in [2.24, 2.45) is 0 Å². The Labute approximate surface area is 161 Å². The number of morpholine rings is 1. The van der Waals surface area contributed by atoms with Gasteiger partial charge < -0.3 is 15.4 Å². The van der Waals surface area contributed by atoms with Crippen LogP contribution < -0.4 is 10.6 Å². The summed E-state index contributed by atoms with van der Waals surface area (Å²) >= 11 is 0. The Morgan fingerprint density at radius 2 is 1.75 bits per heavy atom. The number of para-hydroxylation sites is 1. The SMILES string of the molecule is O=C(CN1CCOCC1)Nc1ccc(NC(=O)c2cccc3cn[nH]c23)cc1. The average molecular weight is 379 g/mol. The summed E-state index contributed by atoms with van der Waals surface area (Å²) < 4.78 is 5.28. The van der Waals surface area contributed by atoms with Gasteiger partial charge in [0.05, 0.1) is 37.0 Å². The number of rotatable bonds is 5. The zero-order chi connectivity index (χ0) is 19.3. The summed E-state index contributed by atoms with van der Waals surface area (Å²) in [5.41, 5.74) is 2.56. The normalized spacial score (nSPS) is 14.7. The summed E-state index contributed by atoms with van der Waals surface area (Å²) in [6.07, 6.45) is 1.68. The van der Waals surface area contributed by atoms with Gasteiger partial charge in [-0.1, -0.05) is 12.1 Å². The molecule has 3 N–H and O–H groups in total. The second-order valence-corrected chi connectivity index (χ2v) is 6.61. The fourth-order valence-corrected chi connectivity index (χ4v) is 3.16. The molecule has 1 aliphatic heterocycles. The number of carbonyl (C=O) groups excluding carboxylic acids is 2. The maximum Gasteiger partial charge on any atom is 0.257 e. The van der Waals surface area contributed by atoms with Gasteiger partial charge in [0, 0.05) is 29.9 Å². The minimum atomic E-state index is -0.223. The van der Waals surface area contributed by atoms with Crippen molar-refractivity contribution in [3.8, 4) is 0 Å². The van der Waals surface area contributed by atoms with E-state index >= 15 is 0 Å². The Hall–Kier alpha value is -3.23. The molecule has 2 amide bonds. The molecule has 1 aromatic heterocycles. The number of anilines is 2. The number of benzene rings is 2. The lowest BCUT2D eigenvalue weighted by Gasteiger charge is -2.25. The molecule has 1 fully saturated rings. The van der Waals surface area contributed by atoms with Crippen molar-refractivity contribution in [3.05, 3.63) is 54.2 Å². The van der Waals surface area contributed by atoms with Gasteiger partial charge in [-0.05, 0) is 30.3 Å². The van der Waals surface area contributed by atoms with E-state index in [4.69, 9.17) is 4.74 Å². The Morgan fingerprint density at radius 3 is 2.50 bits per heavy atom. The molecule has 144 valence electrons. The van der Waals surface area contributed by atoms with Crippen molar-refractivity contribution in [1.82, 2.24) is 15.1 Å². The Balaban J connectivity index is 1.36. The third-order valence-corrected chi connectivity index (χ3v) is 4.62. The quantitative estimate of drug-likeness (QED) is 0.630. The number of nitrogens with zero attached hydrogens (tertiary/aromatic N) is 2. The average Bonchev–Trinajstić information content (AvgIpc) is 3.19. The summed E-state index contributed by atoms with van der Waals surface area (Å²) in [4.78, 5) is 26.8. The number of fused-ring (bicyclic) bond motifs is 1. The van der Waals surface area contributed by atoms with Crippen LogP contribution in [0.2, 0.25) is 0 Å². The van der Waals surface area contributed by atoms with E-state index in [2.05, 4.69) is 25.7 Å². The van der Waals surface area contributed by atoms with E-state index in [1.165, 1.54) is 0 Å². The van der Waals surface area contributed by atoms with E-state index in [0.29, 0.717) is 42.2 Å². The van der Waals surface area contributed by atoms with Crippen molar-refractivity contribution >= 4 is 34.1 Å². The first-order valence-electron chi connectivity index (χ1n) is 9.12. The van der Waals surface area contributed by atoms with Crippen molar-refractivity contribution in [2.45, 2.75) is 0 Å². The van der Waals surface area contributed by atoms with E-state index in [9.17, 15) is 9.59 Å². The predicted octanol–water partition coefficient (Wildman–Crippen LogP) is 2.09. The molecule has 0 bridgehead atoms. The van der Waals surface area contributed by atoms with Gasteiger partial charge in [-0.2, -0.15) is 5.10 Å². The van der Waals surface area contributed by atoms with Crippen LogP contribution in [0, 0.1) is 0 Å². The number of amides is 2. The first-order valence-corrected chi connectivity index (χ1v) is 9.12. The number of nitrogens with one attached hydrogen (secondary N) is 3. The molecular weight excluding hydrogens is 358 g/mol. The molecule has 0 radical (unpaired) electrons. The molecule has 0 unspecified atom stereocenters. The Bertz CT molecular complexity index is 977. The first-order chi connectivity index (χ1) is 13.7. The molecule has 8 heteroatoms. The minimum absolute atomic E-state index is 0.0652. The van der Waals surface area contributed by atoms with Crippen LogP contribution in [-0.4, -0.2) is 59.8 Å². The van der Waals surface area contributed by atoms with Gasteiger partial charge in [0.25, 0.3) is 5.91 Å². The van der Waals surface area contributed by atoms with Crippen LogP contribution in [0.4, 0.5) is 11.4 Å². The minimum Gasteiger partial charge on any atom is -0.379 e. The molecule has 1 saturated heterocycles. The first kappa shape index (κ1) is 18.1. The topological polar surface area (TPSA) is 99.3 Å². The van der Waals surface area contributed by atoms with E-state index in [1.54, 1.807) is 36.5 Å². The number of ether oxygens (including phenoxy) is 1. The van der Waals surface area contributed by atoms with E-state index in [-0.39, 0.29) is 11.8 Å². The molecule has 0 saturated carbocycles. The molecule has 2 heterocycles. The number of carbonyl (C=O) groups is 2. The van der Waals surface area contributed by atoms with Gasteiger partial charge in [-0.3, -0.25) is 19.6 Å². The third kappa shape index (κ3) is 4.19. The van der Waals surface area contributed by atoms with Gasteiger partial charge in [-0.25, -0.2) is 0 Å². The van der Waals surface area contributed by atoms with Crippen molar-refractivity contribution < 1.29 is 14.3 Å². The molecular formula is C20H21N5O3. The van der Waals surface area contributed by atoms with Crippen LogP contribution in [-0.2, 0) is 9.53 Å². The lowest BCUT2D eigenvalue weighted by Crippen LogP contribution is -2.41. The van der Waals surface area contributed by atoms with Crippen LogP contribution in [0.5, 0.6) is 0 Å². The number of hydrogen-bond donors (Lipinski definition) is 3. The lowest BCUT2D eigenvalue weighted by molar-refractivity contribution is -0.118. The van der Waals surface area contributed by atoms with Gasteiger partial charge in [0.2, 0.25) is 5.91 Å². The van der Waals surface area contributed by atoms with E-state index < -0.39 is 0 Å². The van der Waals surface area contributed by atoms with Crippen LogP contribution in [0.1, 0.15) is 10.4 Å². The summed E-state index contributed by atoms with van der Waals surface area (Å²) in [6.45, 7) is 3.20. The second-order valence-electron chi connectivity index (χ2n) is 6.61. The summed E-state index contributed by atoms with van der Waals surface area (Å²) in [7, 11) is 0. The maximum absolute atomic E-state index is 12.6. The summed E-state index contributed by atoms with van der Waals surface area (Å²) in [6, 6.07) is 12.5. The molecule has 1 aliphatic rings. The van der Waals surface area contributed by atoms with E-state index in [0.717, 1.165) is 18.5 Å². The molecule has 4 rings (SSSR count). The molecule has 0 aliphatic carbocycles.